The molecule has 0 fully saturated rings. The summed E-state index contributed by atoms with van der Waals surface area (Å²) in [6.45, 7) is 2.94. The first-order valence-corrected chi connectivity index (χ1v) is 26.8. The van der Waals surface area contributed by atoms with Crippen molar-refractivity contribution < 1.29 is 43.6 Å². The number of benzene rings is 4. The van der Waals surface area contributed by atoms with E-state index in [1.807, 2.05) is 72.8 Å². The summed E-state index contributed by atoms with van der Waals surface area (Å²) in [4.78, 5) is 83.9. The number of hydrogen-bond acceptors (Lipinski definition) is 13. The minimum Gasteiger partial charge on any atom is -0.480 e. The van der Waals surface area contributed by atoms with Crippen molar-refractivity contribution in [2.24, 2.45) is 0 Å². The molecule has 2 heterocycles. The lowest BCUT2D eigenvalue weighted by atomic mass is 9.88. The van der Waals surface area contributed by atoms with E-state index >= 15 is 0 Å². The van der Waals surface area contributed by atoms with Crippen LogP contribution in [0.1, 0.15) is 65.8 Å². The van der Waals surface area contributed by atoms with Crippen molar-refractivity contribution in [3.8, 4) is 11.1 Å². The van der Waals surface area contributed by atoms with Gasteiger partial charge < -0.3 is 60.2 Å². The SMILES string of the molecule is CB(O)n1cc(C[C@@H](C(=O)O)N(C)C(=O)[C@H](CCCCN[B]C=O)NC(=O)[C@H](CCCN[B]C=O)NCc2cccnc2Sc2cccc(Br)c2CNC(=O)OCC2c3ccccc3-c3ccccc32)c2ccccc21. The highest BCUT2D eigenvalue weighted by molar-refractivity contribution is 9.10. The number of ether oxygens (including phenoxy) is 1. The number of carboxylic acids is 1. The van der Waals surface area contributed by atoms with Crippen LogP contribution in [0.15, 0.2) is 130 Å². The van der Waals surface area contributed by atoms with Crippen LogP contribution in [0.5, 0.6) is 0 Å². The number of carbonyl (C=O) groups is 6. The minimum atomic E-state index is -1.32. The molecule has 22 heteroatoms. The van der Waals surface area contributed by atoms with Crippen LogP contribution in [0, 0.1) is 0 Å². The van der Waals surface area contributed by atoms with Gasteiger partial charge in [0, 0.05) is 58.9 Å². The van der Waals surface area contributed by atoms with E-state index in [1.165, 1.54) is 33.6 Å². The topological polar surface area (TPSA) is 233 Å². The molecule has 7 N–H and O–H groups in total. The molecule has 17 nitrogen and oxygen atoms in total. The van der Waals surface area contributed by atoms with Gasteiger partial charge >= 0.3 is 19.1 Å². The summed E-state index contributed by atoms with van der Waals surface area (Å²) in [6, 6.07) is 29.7. The van der Waals surface area contributed by atoms with Crippen molar-refractivity contribution in [1.29, 1.82) is 0 Å². The molecular weight excluding hydrogens is 1050 g/mol. The smallest absolute Gasteiger partial charge is 0.413 e. The van der Waals surface area contributed by atoms with Crippen LogP contribution in [-0.4, -0.2) is 127 Å². The number of halogens is 1. The number of likely N-dealkylation sites (N-methyl/N-ethyl adjacent to an activating group) is 1. The zero-order valence-corrected chi connectivity index (χ0v) is 44.7. The van der Waals surface area contributed by atoms with Gasteiger partial charge in [0.05, 0.1) is 18.4 Å². The molecule has 3 atom stereocenters. The summed E-state index contributed by atoms with van der Waals surface area (Å²) in [7, 11) is 3.08. The highest BCUT2D eigenvalue weighted by Crippen LogP contribution is 2.44. The molecule has 2 aromatic heterocycles. The van der Waals surface area contributed by atoms with E-state index in [0.717, 1.165) is 53.0 Å². The van der Waals surface area contributed by atoms with Gasteiger partial charge in [0.2, 0.25) is 11.8 Å². The number of fused-ring (bicyclic) bond motifs is 4. The molecule has 0 aliphatic heterocycles. The number of para-hydroxylation sites is 1. The van der Waals surface area contributed by atoms with Crippen LogP contribution in [0.25, 0.3) is 22.0 Å². The number of nitrogens with zero attached hydrogens (tertiary/aromatic N) is 3. The second-order valence-corrected chi connectivity index (χ2v) is 20.2. The number of carbonyl (C=O) groups excluding carboxylic acids is 5. The third-order valence-corrected chi connectivity index (χ3v) is 15.3. The molecule has 3 amide bonds. The van der Waals surface area contributed by atoms with Crippen molar-refractivity contribution in [2.45, 2.75) is 92.4 Å². The lowest BCUT2D eigenvalue weighted by Gasteiger charge is -2.30. The number of rotatable bonds is 30. The van der Waals surface area contributed by atoms with Crippen LogP contribution >= 0.6 is 27.7 Å². The Labute approximate surface area is 456 Å². The van der Waals surface area contributed by atoms with Gasteiger partial charge in [-0.3, -0.25) is 9.59 Å². The quantitative estimate of drug-likeness (QED) is 0.0161. The fraction of sp³-hybridized carbons (Fsp3) is 0.315. The van der Waals surface area contributed by atoms with Crippen molar-refractivity contribution >= 4 is 96.7 Å². The molecule has 1 aliphatic rings. The Kier molecular flexibility index (Phi) is 21.5. The van der Waals surface area contributed by atoms with Gasteiger partial charge in [-0.2, -0.15) is 0 Å². The highest BCUT2D eigenvalue weighted by Gasteiger charge is 2.35. The van der Waals surface area contributed by atoms with E-state index in [9.17, 15) is 38.9 Å². The molecule has 7 rings (SSSR count). The van der Waals surface area contributed by atoms with E-state index < -0.39 is 49.1 Å². The number of unbranched alkanes of at least 4 members (excludes halogenated alkanes) is 1. The standard InChI is InChI=1S/C54H60B3BrN8O9S/c1-57(74)66-31-36(37-15-7-8-23-47(37)66)28-48(53(71)72)65(2)52(70)46(21-9-10-26-62-55-33-67)64-50(69)45(22-13-27-63-56-34-68)60-29-35-14-12-25-59-51(35)76-49-24-11-20-44(58)42(49)30-61-54(73)75-32-43-40-18-5-3-16-38(40)39-17-4-6-19-41(39)43/h3-8,11-12,14-20,23-25,31,33-34,43,45-46,48,60,62-63,74H,9-10,13,21-22,26-30,32H2,1-2H3,(H,61,73)(H,64,69)(H,71,72)/t45-,46-,48-/m0/s1. The number of amides is 3. The first-order valence-electron chi connectivity index (χ1n) is 25.2. The molecule has 0 spiro atoms. The van der Waals surface area contributed by atoms with Gasteiger partial charge in [0.15, 0.2) is 0 Å². The molecule has 1 aliphatic carbocycles. The molecule has 0 unspecified atom stereocenters. The Balaban J connectivity index is 1.04. The fourth-order valence-corrected chi connectivity index (χ4v) is 11.1. The summed E-state index contributed by atoms with van der Waals surface area (Å²) < 4.78 is 8.25. The van der Waals surface area contributed by atoms with Gasteiger partial charge in [0.25, 0.3) is 14.8 Å². The predicted molar refractivity (Wildman–Crippen MR) is 300 cm³/mol. The van der Waals surface area contributed by atoms with Crippen LogP contribution in [0.3, 0.4) is 0 Å². The van der Waals surface area contributed by atoms with Crippen LogP contribution in [0.4, 0.5) is 4.79 Å². The highest BCUT2D eigenvalue weighted by atomic mass is 79.9. The van der Waals surface area contributed by atoms with Crippen LogP contribution in [0.2, 0.25) is 6.82 Å². The molecular formula is C54H60B3BrN8O9S. The first-order chi connectivity index (χ1) is 36.9. The molecule has 0 saturated carbocycles. The van der Waals surface area contributed by atoms with Crippen LogP contribution < -0.4 is 26.4 Å². The van der Waals surface area contributed by atoms with Gasteiger partial charge in [-0.25, -0.2) is 14.6 Å². The van der Waals surface area contributed by atoms with Crippen molar-refractivity contribution in [3.63, 3.8) is 0 Å². The molecule has 6 aromatic rings. The predicted octanol–water partition coefficient (Wildman–Crippen LogP) is 5.79. The monoisotopic (exact) mass is 1110 g/mol. The van der Waals surface area contributed by atoms with Gasteiger partial charge in [0.1, 0.15) is 23.7 Å². The van der Waals surface area contributed by atoms with E-state index in [0.29, 0.717) is 67.2 Å². The number of hydrogen-bond donors (Lipinski definition) is 7. The van der Waals surface area contributed by atoms with E-state index in [-0.39, 0.29) is 38.5 Å². The largest absolute Gasteiger partial charge is 0.480 e. The second kappa shape index (κ2) is 28.5. The van der Waals surface area contributed by atoms with Gasteiger partial charge in [-0.15, -0.1) is 0 Å². The summed E-state index contributed by atoms with van der Waals surface area (Å²) >= 11 is 5.08. The average molecular weight is 1110 g/mol. The molecule has 0 saturated heterocycles. The number of aliphatic carboxylic acids is 1. The Morgan fingerprint density at radius 2 is 1.51 bits per heavy atom. The Morgan fingerprint density at radius 3 is 2.21 bits per heavy atom. The summed E-state index contributed by atoms with van der Waals surface area (Å²) in [5.41, 5.74) is 7.42. The number of pyridine rings is 1. The summed E-state index contributed by atoms with van der Waals surface area (Å²) in [5.74, 6) is -2.42. The maximum atomic E-state index is 14.5. The van der Waals surface area contributed by atoms with E-state index in [2.05, 4.69) is 66.6 Å². The van der Waals surface area contributed by atoms with Crippen molar-refractivity contribution in [1.82, 2.24) is 40.8 Å². The number of nitrogens with one attached hydrogen (secondary N) is 5. The third kappa shape index (κ3) is 14.9. The number of carboxylic acid groups (broad SMARTS) is 1. The third-order valence-electron chi connectivity index (χ3n) is 13.3. The minimum absolute atomic E-state index is 0.0686. The summed E-state index contributed by atoms with van der Waals surface area (Å²) in [6.07, 6.45) is 5.92. The maximum absolute atomic E-state index is 14.5. The van der Waals surface area contributed by atoms with Crippen LogP contribution in [-0.2, 0) is 48.2 Å². The normalized spacial score (nSPS) is 12.9. The van der Waals surface area contributed by atoms with Crippen molar-refractivity contribution in [2.75, 3.05) is 26.7 Å². The lowest BCUT2D eigenvalue weighted by molar-refractivity contribution is -0.150. The fourth-order valence-electron chi connectivity index (χ4n) is 9.45. The molecule has 2 radical (unpaired) electrons. The van der Waals surface area contributed by atoms with Gasteiger partial charge in [-0.05, 0) is 121 Å². The van der Waals surface area contributed by atoms with Gasteiger partial charge in [-0.1, -0.05) is 107 Å². The Morgan fingerprint density at radius 1 is 0.842 bits per heavy atom. The Bertz CT molecular complexity index is 2940. The Hall–Kier alpha value is -6.55. The average Bonchev–Trinajstić information content (AvgIpc) is 4.01. The lowest BCUT2D eigenvalue weighted by Crippen LogP contribution is -2.56. The first kappa shape index (κ1) is 57.2. The zero-order valence-electron chi connectivity index (χ0n) is 42.3. The van der Waals surface area contributed by atoms with E-state index in [4.69, 9.17) is 9.72 Å². The molecule has 0 bridgehead atoms. The summed E-state index contributed by atoms with van der Waals surface area (Å²) in [5, 5.41) is 37.5. The zero-order chi connectivity index (χ0) is 54.0. The van der Waals surface area contributed by atoms with E-state index in [1.54, 1.807) is 29.8 Å². The molecule has 392 valence electrons. The molecule has 4 aromatic carbocycles. The molecule has 76 heavy (non-hydrogen) atoms. The number of aromatic nitrogens is 2. The second-order valence-electron chi connectivity index (χ2n) is 18.3. The number of alkyl carbamates (subject to hydrolysis) is 1. The van der Waals surface area contributed by atoms with Crippen molar-refractivity contribution in [3.05, 3.63) is 148 Å². The maximum Gasteiger partial charge on any atom is 0.413 e.